The second-order valence-electron chi connectivity index (χ2n) is 5.50. The summed E-state index contributed by atoms with van der Waals surface area (Å²) in [5, 5.41) is 12.8. The molecule has 0 aliphatic heterocycles. The molecule has 0 unspecified atom stereocenters. The molecule has 0 aliphatic rings. The van der Waals surface area contributed by atoms with Crippen molar-refractivity contribution in [3.63, 3.8) is 0 Å². The van der Waals surface area contributed by atoms with Gasteiger partial charge in [0, 0.05) is 16.6 Å². The molecule has 0 fully saturated rings. The average molecular weight is 421 g/mol. The Bertz CT molecular complexity index is 890. The van der Waals surface area contributed by atoms with E-state index in [-0.39, 0.29) is 5.56 Å². The minimum Gasteiger partial charge on any atom is -0.478 e. The van der Waals surface area contributed by atoms with Crippen LogP contribution in [0.2, 0.25) is 5.02 Å². The summed E-state index contributed by atoms with van der Waals surface area (Å²) in [6, 6.07) is 16.3. The summed E-state index contributed by atoms with van der Waals surface area (Å²) in [6.07, 6.45) is 0. The largest absolute Gasteiger partial charge is 0.478 e. The van der Waals surface area contributed by atoms with E-state index in [9.17, 15) is 4.79 Å². The maximum atomic E-state index is 10.8. The number of aromatic carboxylic acids is 1. The fraction of sp³-hybridized carbons (Fsp3) is 0.105. The first-order chi connectivity index (χ1) is 12.0. The van der Waals surface area contributed by atoms with Gasteiger partial charge < -0.3 is 14.8 Å². The third-order valence-corrected chi connectivity index (χ3v) is 4.49. The molecule has 6 heteroatoms. The highest BCUT2D eigenvalue weighted by Gasteiger charge is 2.09. The Hall–Kier alpha value is -2.08. The zero-order valence-corrected chi connectivity index (χ0v) is 15.5. The van der Waals surface area contributed by atoms with Crippen LogP contribution in [-0.2, 0) is 13.1 Å². The summed E-state index contributed by atoms with van der Waals surface area (Å²) < 4.78 is 6.76. The molecule has 0 spiro atoms. The molecular formula is C19H15BrClNO3. The molecule has 4 nitrogen and oxygen atoms in total. The molecular weight excluding hydrogens is 406 g/mol. The van der Waals surface area contributed by atoms with Crippen molar-refractivity contribution in [1.29, 1.82) is 0 Å². The SMILES string of the molecule is O=C(O)c1ccc(CNCc2ccc(-c3ccc(Br)cc3Cl)o2)cc1. The summed E-state index contributed by atoms with van der Waals surface area (Å²) in [5.74, 6) is 0.602. The minimum atomic E-state index is -0.922. The Morgan fingerprint density at radius 2 is 1.84 bits per heavy atom. The van der Waals surface area contributed by atoms with Crippen molar-refractivity contribution in [2.45, 2.75) is 13.1 Å². The van der Waals surface area contributed by atoms with Gasteiger partial charge in [0.15, 0.2) is 0 Å². The molecule has 0 aliphatic carbocycles. The molecule has 0 atom stereocenters. The van der Waals surface area contributed by atoms with Crippen LogP contribution in [-0.4, -0.2) is 11.1 Å². The predicted octanol–water partition coefficient (Wildman–Crippen LogP) is 5.35. The number of carboxylic acid groups (broad SMARTS) is 1. The van der Waals surface area contributed by atoms with E-state index in [1.54, 1.807) is 24.3 Å². The molecule has 2 N–H and O–H groups in total. The quantitative estimate of drug-likeness (QED) is 0.564. The molecule has 0 radical (unpaired) electrons. The summed E-state index contributed by atoms with van der Waals surface area (Å²) in [4.78, 5) is 10.8. The lowest BCUT2D eigenvalue weighted by atomic mass is 10.1. The molecule has 1 heterocycles. The smallest absolute Gasteiger partial charge is 0.335 e. The van der Waals surface area contributed by atoms with Crippen molar-refractivity contribution >= 4 is 33.5 Å². The number of benzene rings is 2. The van der Waals surface area contributed by atoms with E-state index in [0.717, 1.165) is 27.1 Å². The first-order valence-electron chi connectivity index (χ1n) is 7.60. The van der Waals surface area contributed by atoms with Gasteiger partial charge in [-0.2, -0.15) is 0 Å². The summed E-state index contributed by atoms with van der Waals surface area (Å²) in [6.45, 7) is 1.18. The third kappa shape index (κ3) is 4.51. The van der Waals surface area contributed by atoms with Crippen molar-refractivity contribution in [2.24, 2.45) is 0 Å². The highest BCUT2D eigenvalue weighted by molar-refractivity contribution is 9.10. The number of carboxylic acids is 1. The number of hydrogen-bond acceptors (Lipinski definition) is 3. The van der Waals surface area contributed by atoms with Crippen molar-refractivity contribution in [2.75, 3.05) is 0 Å². The third-order valence-electron chi connectivity index (χ3n) is 3.69. The van der Waals surface area contributed by atoms with Crippen LogP contribution in [0.5, 0.6) is 0 Å². The van der Waals surface area contributed by atoms with E-state index in [2.05, 4.69) is 21.2 Å². The second kappa shape index (κ2) is 7.87. The number of carbonyl (C=O) groups is 1. The van der Waals surface area contributed by atoms with Crippen molar-refractivity contribution < 1.29 is 14.3 Å². The molecule has 0 saturated carbocycles. The van der Waals surface area contributed by atoms with Crippen molar-refractivity contribution in [3.8, 4) is 11.3 Å². The van der Waals surface area contributed by atoms with E-state index in [1.807, 2.05) is 30.3 Å². The molecule has 3 rings (SSSR count). The van der Waals surface area contributed by atoms with Gasteiger partial charge in [0.1, 0.15) is 11.5 Å². The maximum Gasteiger partial charge on any atom is 0.335 e. The lowest BCUT2D eigenvalue weighted by molar-refractivity contribution is 0.0697. The summed E-state index contributed by atoms with van der Waals surface area (Å²) in [7, 11) is 0. The van der Waals surface area contributed by atoms with Gasteiger partial charge in [-0.25, -0.2) is 4.79 Å². The van der Waals surface area contributed by atoms with Crippen LogP contribution in [0.15, 0.2) is 63.5 Å². The summed E-state index contributed by atoms with van der Waals surface area (Å²) in [5.41, 5.74) is 2.14. The Morgan fingerprint density at radius 1 is 1.08 bits per heavy atom. The number of hydrogen-bond donors (Lipinski definition) is 2. The normalized spacial score (nSPS) is 10.8. The van der Waals surface area contributed by atoms with E-state index >= 15 is 0 Å². The Morgan fingerprint density at radius 3 is 2.52 bits per heavy atom. The maximum absolute atomic E-state index is 10.8. The molecule has 0 amide bonds. The van der Waals surface area contributed by atoms with Crippen molar-refractivity contribution in [1.82, 2.24) is 5.32 Å². The Balaban J connectivity index is 1.59. The zero-order valence-electron chi connectivity index (χ0n) is 13.1. The topological polar surface area (TPSA) is 62.5 Å². The minimum absolute atomic E-state index is 0.283. The predicted molar refractivity (Wildman–Crippen MR) is 101 cm³/mol. The van der Waals surface area contributed by atoms with Gasteiger partial charge >= 0.3 is 5.97 Å². The molecule has 3 aromatic rings. The molecule has 0 bridgehead atoms. The van der Waals surface area contributed by atoms with E-state index < -0.39 is 5.97 Å². The number of halogens is 2. The van der Waals surface area contributed by atoms with Crippen LogP contribution in [0.1, 0.15) is 21.7 Å². The zero-order chi connectivity index (χ0) is 17.8. The van der Waals surface area contributed by atoms with Crippen molar-refractivity contribution in [3.05, 3.63) is 81.0 Å². The van der Waals surface area contributed by atoms with Gasteiger partial charge in [-0.05, 0) is 48.0 Å². The lowest BCUT2D eigenvalue weighted by Crippen LogP contribution is -2.12. The fourth-order valence-electron chi connectivity index (χ4n) is 2.40. The van der Waals surface area contributed by atoms with Gasteiger partial charge in [0.2, 0.25) is 0 Å². The van der Waals surface area contributed by atoms with E-state index in [1.165, 1.54) is 0 Å². The van der Waals surface area contributed by atoms with Gasteiger partial charge in [-0.3, -0.25) is 0 Å². The summed E-state index contributed by atoms with van der Waals surface area (Å²) >= 11 is 9.63. The van der Waals surface area contributed by atoms with E-state index in [4.69, 9.17) is 21.1 Å². The highest BCUT2D eigenvalue weighted by atomic mass is 79.9. The van der Waals surface area contributed by atoms with Crippen LogP contribution in [0.25, 0.3) is 11.3 Å². The van der Waals surface area contributed by atoms with Crippen LogP contribution in [0.4, 0.5) is 0 Å². The number of nitrogens with one attached hydrogen (secondary N) is 1. The number of furan rings is 1. The first-order valence-corrected chi connectivity index (χ1v) is 8.77. The fourth-order valence-corrected chi connectivity index (χ4v) is 3.17. The second-order valence-corrected chi connectivity index (χ2v) is 6.82. The van der Waals surface area contributed by atoms with Crippen LogP contribution in [0, 0.1) is 0 Å². The molecule has 0 saturated heterocycles. The monoisotopic (exact) mass is 419 g/mol. The van der Waals surface area contributed by atoms with Crippen LogP contribution in [0.3, 0.4) is 0 Å². The first kappa shape index (κ1) is 17.7. The molecule has 25 heavy (non-hydrogen) atoms. The molecule has 1 aromatic heterocycles. The van der Waals surface area contributed by atoms with Gasteiger partial charge in [-0.15, -0.1) is 0 Å². The average Bonchev–Trinajstić information content (AvgIpc) is 3.04. The van der Waals surface area contributed by atoms with Crippen LogP contribution < -0.4 is 5.32 Å². The van der Waals surface area contributed by atoms with Gasteiger partial charge in [0.05, 0.1) is 17.1 Å². The Labute approximate surface area is 158 Å². The lowest BCUT2D eigenvalue weighted by Gasteiger charge is -2.04. The highest BCUT2D eigenvalue weighted by Crippen LogP contribution is 2.31. The Kier molecular flexibility index (Phi) is 5.58. The molecule has 128 valence electrons. The van der Waals surface area contributed by atoms with E-state index in [0.29, 0.717) is 18.1 Å². The number of rotatable bonds is 6. The van der Waals surface area contributed by atoms with Crippen LogP contribution >= 0.6 is 27.5 Å². The van der Waals surface area contributed by atoms with Gasteiger partial charge in [-0.1, -0.05) is 39.7 Å². The molecule has 2 aromatic carbocycles. The standard InChI is InChI=1S/C19H15BrClNO3/c20-14-5-7-16(17(21)9-14)18-8-6-15(25-18)11-22-10-12-1-3-13(4-2-12)19(23)24/h1-9,22H,10-11H2,(H,23,24). The van der Waals surface area contributed by atoms with Gasteiger partial charge in [0.25, 0.3) is 0 Å².